The standard InChI is InChI=1S/C17H28N4O2/c1-20(2)13-14-23-16-6-4-3-5-15(16)17(22)19-9-12-21-10-7-18-8-11-21/h3-6,18H,7-14H2,1-2H3,(H,19,22). The maximum Gasteiger partial charge on any atom is 0.255 e. The molecule has 1 amide bonds. The van der Waals surface area contributed by atoms with Crippen molar-refractivity contribution in [3.05, 3.63) is 29.8 Å². The van der Waals surface area contributed by atoms with Crippen molar-refractivity contribution in [3.8, 4) is 5.75 Å². The Morgan fingerprint density at radius 1 is 1.30 bits per heavy atom. The quantitative estimate of drug-likeness (QED) is 0.720. The van der Waals surface area contributed by atoms with E-state index in [2.05, 4.69) is 20.4 Å². The fraction of sp³-hybridized carbons (Fsp3) is 0.588. The average Bonchev–Trinajstić information content (AvgIpc) is 2.56. The van der Waals surface area contributed by atoms with Crippen LogP contribution in [0, 0.1) is 0 Å². The molecule has 0 unspecified atom stereocenters. The number of carbonyl (C=O) groups excluding carboxylic acids is 1. The zero-order valence-electron chi connectivity index (χ0n) is 14.2. The molecule has 1 heterocycles. The van der Waals surface area contributed by atoms with Crippen molar-refractivity contribution in [3.63, 3.8) is 0 Å². The molecule has 6 nitrogen and oxygen atoms in total. The van der Waals surface area contributed by atoms with Gasteiger partial charge in [0.05, 0.1) is 5.56 Å². The lowest BCUT2D eigenvalue weighted by Crippen LogP contribution is -2.46. The molecule has 0 aliphatic carbocycles. The largest absolute Gasteiger partial charge is 0.491 e. The van der Waals surface area contributed by atoms with Gasteiger partial charge in [-0.15, -0.1) is 0 Å². The summed E-state index contributed by atoms with van der Waals surface area (Å²) >= 11 is 0. The number of hydrogen-bond donors (Lipinski definition) is 2. The van der Waals surface area contributed by atoms with Crippen LogP contribution < -0.4 is 15.4 Å². The van der Waals surface area contributed by atoms with E-state index < -0.39 is 0 Å². The number of rotatable bonds is 8. The van der Waals surface area contributed by atoms with E-state index in [0.717, 1.165) is 39.3 Å². The van der Waals surface area contributed by atoms with Crippen LogP contribution in [0.2, 0.25) is 0 Å². The summed E-state index contributed by atoms with van der Waals surface area (Å²) in [6.45, 7) is 7.06. The molecule has 2 rings (SSSR count). The second kappa shape index (κ2) is 9.50. The molecule has 0 saturated carbocycles. The number of amides is 1. The molecule has 0 radical (unpaired) electrons. The van der Waals surface area contributed by atoms with Crippen molar-refractivity contribution >= 4 is 5.91 Å². The first-order valence-corrected chi connectivity index (χ1v) is 8.24. The van der Waals surface area contributed by atoms with Gasteiger partial charge >= 0.3 is 0 Å². The van der Waals surface area contributed by atoms with Crippen LogP contribution >= 0.6 is 0 Å². The minimum Gasteiger partial charge on any atom is -0.491 e. The van der Waals surface area contributed by atoms with E-state index in [9.17, 15) is 4.79 Å². The molecule has 1 saturated heterocycles. The highest BCUT2D eigenvalue weighted by molar-refractivity contribution is 5.96. The predicted octanol–water partition coefficient (Wildman–Crippen LogP) is 0.262. The Balaban J connectivity index is 1.80. The Labute approximate surface area is 138 Å². The van der Waals surface area contributed by atoms with Crippen LogP contribution in [0.5, 0.6) is 5.75 Å². The lowest BCUT2D eigenvalue weighted by atomic mass is 10.2. The summed E-state index contributed by atoms with van der Waals surface area (Å²) in [5, 5.41) is 6.32. The number of carbonyl (C=O) groups is 1. The smallest absolute Gasteiger partial charge is 0.255 e. The highest BCUT2D eigenvalue weighted by Crippen LogP contribution is 2.17. The van der Waals surface area contributed by atoms with Crippen LogP contribution in [0.4, 0.5) is 0 Å². The number of para-hydroxylation sites is 1. The van der Waals surface area contributed by atoms with Crippen LogP contribution in [0.3, 0.4) is 0 Å². The minimum atomic E-state index is -0.0689. The molecule has 1 aromatic rings. The summed E-state index contributed by atoms with van der Waals surface area (Å²) in [4.78, 5) is 16.8. The average molecular weight is 320 g/mol. The molecule has 1 fully saturated rings. The second-order valence-corrected chi connectivity index (χ2v) is 6.00. The van der Waals surface area contributed by atoms with Gasteiger partial charge in [-0.3, -0.25) is 9.69 Å². The summed E-state index contributed by atoms with van der Waals surface area (Å²) in [5.74, 6) is 0.578. The first-order valence-electron chi connectivity index (χ1n) is 8.24. The number of nitrogens with one attached hydrogen (secondary N) is 2. The lowest BCUT2D eigenvalue weighted by molar-refractivity contribution is 0.0943. The van der Waals surface area contributed by atoms with Crippen molar-refractivity contribution in [2.75, 3.05) is 66.5 Å². The topological polar surface area (TPSA) is 56.8 Å². The van der Waals surface area contributed by atoms with Gasteiger partial charge in [0.25, 0.3) is 5.91 Å². The molecular weight excluding hydrogens is 292 g/mol. The maximum atomic E-state index is 12.4. The molecule has 0 aromatic heterocycles. The molecule has 1 aliphatic heterocycles. The summed E-state index contributed by atoms with van der Waals surface area (Å²) in [6, 6.07) is 7.42. The molecule has 128 valence electrons. The van der Waals surface area contributed by atoms with E-state index >= 15 is 0 Å². The molecule has 23 heavy (non-hydrogen) atoms. The Kier molecular flexibility index (Phi) is 7.32. The van der Waals surface area contributed by atoms with Crippen molar-refractivity contribution < 1.29 is 9.53 Å². The van der Waals surface area contributed by atoms with E-state index in [1.54, 1.807) is 0 Å². The molecule has 1 aromatic carbocycles. The molecule has 2 N–H and O–H groups in total. The first-order chi connectivity index (χ1) is 11.2. The van der Waals surface area contributed by atoms with E-state index in [-0.39, 0.29) is 5.91 Å². The third kappa shape index (κ3) is 6.17. The van der Waals surface area contributed by atoms with Gasteiger partial charge in [0.15, 0.2) is 0 Å². The molecule has 0 atom stereocenters. The van der Waals surface area contributed by atoms with Gasteiger partial charge in [-0.25, -0.2) is 0 Å². The maximum absolute atomic E-state index is 12.4. The van der Waals surface area contributed by atoms with Crippen molar-refractivity contribution in [1.29, 1.82) is 0 Å². The monoisotopic (exact) mass is 320 g/mol. The van der Waals surface area contributed by atoms with Crippen molar-refractivity contribution in [1.82, 2.24) is 20.4 Å². The van der Waals surface area contributed by atoms with Crippen LogP contribution in [0.25, 0.3) is 0 Å². The first kappa shape index (κ1) is 17.7. The normalized spacial score (nSPS) is 15.6. The number of likely N-dealkylation sites (N-methyl/N-ethyl adjacent to an activating group) is 1. The SMILES string of the molecule is CN(C)CCOc1ccccc1C(=O)NCCN1CCNCC1. The fourth-order valence-electron chi connectivity index (χ4n) is 2.48. The van der Waals surface area contributed by atoms with Crippen LogP contribution in [0.15, 0.2) is 24.3 Å². The Bertz CT molecular complexity index is 487. The molecular formula is C17H28N4O2. The molecule has 1 aliphatic rings. The second-order valence-electron chi connectivity index (χ2n) is 6.00. The molecule has 0 bridgehead atoms. The Morgan fingerprint density at radius 3 is 2.78 bits per heavy atom. The van der Waals surface area contributed by atoms with Crippen LogP contribution in [-0.2, 0) is 0 Å². The zero-order chi connectivity index (χ0) is 16.5. The van der Waals surface area contributed by atoms with E-state index in [1.807, 2.05) is 38.4 Å². The molecule has 0 spiro atoms. The van der Waals surface area contributed by atoms with Crippen LogP contribution in [0.1, 0.15) is 10.4 Å². The van der Waals surface area contributed by atoms with E-state index in [1.165, 1.54) is 0 Å². The van der Waals surface area contributed by atoms with Gasteiger partial charge < -0.3 is 20.3 Å². The minimum absolute atomic E-state index is 0.0689. The van der Waals surface area contributed by atoms with Gasteiger partial charge in [-0.2, -0.15) is 0 Å². The number of ether oxygens (including phenoxy) is 1. The predicted molar refractivity (Wildman–Crippen MR) is 92.1 cm³/mol. The van der Waals surface area contributed by atoms with Crippen LogP contribution in [-0.4, -0.2) is 82.2 Å². The Morgan fingerprint density at radius 2 is 2.04 bits per heavy atom. The zero-order valence-corrected chi connectivity index (χ0v) is 14.2. The third-order valence-corrected chi connectivity index (χ3v) is 3.85. The number of piperazine rings is 1. The Hall–Kier alpha value is -1.63. The lowest BCUT2D eigenvalue weighted by Gasteiger charge is -2.27. The van der Waals surface area contributed by atoms with Gasteiger partial charge in [-0.1, -0.05) is 12.1 Å². The van der Waals surface area contributed by atoms with Gasteiger partial charge in [0.1, 0.15) is 12.4 Å². The number of nitrogens with zero attached hydrogens (tertiary/aromatic N) is 2. The summed E-state index contributed by atoms with van der Waals surface area (Å²) < 4.78 is 5.74. The molecule has 6 heteroatoms. The highest BCUT2D eigenvalue weighted by atomic mass is 16.5. The van der Waals surface area contributed by atoms with E-state index in [0.29, 0.717) is 24.5 Å². The van der Waals surface area contributed by atoms with Gasteiger partial charge in [0.2, 0.25) is 0 Å². The van der Waals surface area contributed by atoms with Gasteiger partial charge in [0, 0.05) is 45.8 Å². The summed E-state index contributed by atoms with van der Waals surface area (Å²) in [7, 11) is 4.00. The number of benzene rings is 1. The van der Waals surface area contributed by atoms with Gasteiger partial charge in [-0.05, 0) is 26.2 Å². The third-order valence-electron chi connectivity index (χ3n) is 3.85. The summed E-state index contributed by atoms with van der Waals surface area (Å²) in [5.41, 5.74) is 0.603. The van der Waals surface area contributed by atoms with Crippen molar-refractivity contribution in [2.24, 2.45) is 0 Å². The van der Waals surface area contributed by atoms with E-state index in [4.69, 9.17) is 4.74 Å². The van der Waals surface area contributed by atoms with Crippen molar-refractivity contribution in [2.45, 2.75) is 0 Å². The summed E-state index contributed by atoms with van der Waals surface area (Å²) in [6.07, 6.45) is 0. The fourth-order valence-corrected chi connectivity index (χ4v) is 2.48. The highest BCUT2D eigenvalue weighted by Gasteiger charge is 2.13. The number of hydrogen-bond acceptors (Lipinski definition) is 5.